The second-order valence-corrected chi connectivity index (χ2v) is 3.71. The van der Waals surface area contributed by atoms with Crippen molar-refractivity contribution in [3.63, 3.8) is 0 Å². The molecular weight excluding hydrogens is 200 g/mol. The van der Waals surface area contributed by atoms with E-state index in [1.54, 1.807) is 12.5 Å². The minimum atomic E-state index is 0.187. The van der Waals surface area contributed by atoms with Crippen molar-refractivity contribution < 1.29 is 4.79 Å². The van der Waals surface area contributed by atoms with Crippen LogP contribution >= 0.6 is 0 Å². The highest BCUT2D eigenvalue weighted by Gasteiger charge is 2.03. The Hall–Kier alpha value is -1.90. The largest absolute Gasteiger partial charge is 0.333 e. The molecule has 1 aromatic heterocycles. The van der Waals surface area contributed by atoms with Crippen molar-refractivity contribution in [3.8, 4) is 0 Å². The molecule has 0 fully saturated rings. The summed E-state index contributed by atoms with van der Waals surface area (Å²) in [5.74, 6) is 0.187. The van der Waals surface area contributed by atoms with Gasteiger partial charge in [-0.2, -0.15) is 0 Å². The molecular formula is C13H14N2O. The van der Waals surface area contributed by atoms with Crippen LogP contribution in [0.5, 0.6) is 0 Å². The molecule has 1 aromatic carbocycles. The maximum atomic E-state index is 11.5. The third kappa shape index (κ3) is 2.37. The number of nitrogens with zero attached hydrogens (tertiary/aromatic N) is 2. The number of aromatic nitrogens is 2. The van der Waals surface area contributed by atoms with E-state index in [0.717, 1.165) is 17.7 Å². The third-order valence-electron chi connectivity index (χ3n) is 2.49. The van der Waals surface area contributed by atoms with Crippen LogP contribution in [0, 0.1) is 0 Å². The summed E-state index contributed by atoms with van der Waals surface area (Å²) in [4.78, 5) is 15.5. The first-order valence-corrected chi connectivity index (χ1v) is 5.37. The molecule has 0 aliphatic carbocycles. The van der Waals surface area contributed by atoms with Crippen molar-refractivity contribution in [2.24, 2.45) is 0 Å². The summed E-state index contributed by atoms with van der Waals surface area (Å²) in [6.07, 6.45) is 5.98. The van der Waals surface area contributed by atoms with Crippen LogP contribution in [0.1, 0.15) is 29.3 Å². The van der Waals surface area contributed by atoms with Gasteiger partial charge in [-0.15, -0.1) is 0 Å². The number of Topliss-reactive ketones (excluding diaryl/α,β-unsaturated/α-hetero) is 1. The zero-order valence-electron chi connectivity index (χ0n) is 9.26. The summed E-state index contributed by atoms with van der Waals surface area (Å²) in [6, 6.07) is 7.76. The van der Waals surface area contributed by atoms with Crippen molar-refractivity contribution in [3.05, 3.63) is 54.1 Å². The zero-order chi connectivity index (χ0) is 11.4. The standard InChI is InChI=1S/C13H14N2O/c1-2-13(16)12-5-3-4-11(8-12)9-15-7-6-14-10-15/h3-8,10H,2,9H2,1H3. The van der Waals surface area contributed by atoms with Crippen molar-refractivity contribution in [1.82, 2.24) is 9.55 Å². The van der Waals surface area contributed by atoms with Gasteiger partial charge < -0.3 is 4.57 Å². The van der Waals surface area contributed by atoms with Gasteiger partial charge in [0.1, 0.15) is 0 Å². The van der Waals surface area contributed by atoms with Gasteiger partial charge in [0.15, 0.2) is 5.78 Å². The highest BCUT2D eigenvalue weighted by molar-refractivity contribution is 5.95. The molecule has 0 N–H and O–H groups in total. The number of carbonyl (C=O) groups excluding carboxylic acids is 1. The van der Waals surface area contributed by atoms with E-state index in [1.807, 2.05) is 42.0 Å². The summed E-state index contributed by atoms with van der Waals surface area (Å²) < 4.78 is 1.98. The van der Waals surface area contributed by atoms with E-state index in [0.29, 0.717) is 6.42 Å². The molecule has 0 atom stereocenters. The van der Waals surface area contributed by atoms with E-state index in [2.05, 4.69) is 4.98 Å². The topological polar surface area (TPSA) is 34.9 Å². The van der Waals surface area contributed by atoms with E-state index < -0.39 is 0 Å². The number of hydrogen-bond donors (Lipinski definition) is 0. The summed E-state index contributed by atoms with van der Waals surface area (Å²) in [6.45, 7) is 2.63. The maximum Gasteiger partial charge on any atom is 0.162 e. The van der Waals surface area contributed by atoms with Crippen LogP contribution in [0.2, 0.25) is 0 Å². The van der Waals surface area contributed by atoms with Gasteiger partial charge in [0, 0.05) is 30.9 Å². The van der Waals surface area contributed by atoms with Gasteiger partial charge in [-0.1, -0.05) is 25.1 Å². The molecule has 0 saturated heterocycles. The Bertz CT molecular complexity index is 474. The summed E-state index contributed by atoms with van der Waals surface area (Å²) in [5, 5.41) is 0. The number of hydrogen-bond acceptors (Lipinski definition) is 2. The predicted molar refractivity (Wildman–Crippen MR) is 62.4 cm³/mol. The van der Waals surface area contributed by atoms with Gasteiger partial charge in [-0.05, 0) is 11.6 Å². The molecule has 3 nitrogen and oxygen atoms in total. The smallest absolute Gasteiger partial charge is 0.162 e. The molecule has 0 aliphatic rings. The Balaban J connectivity index is 2.19. The number of ketones is 1. The Labute approximate surface area is 94.7 Å². The Morgan fingerprint density at radius 1 is 1.44 bits per heavy atom. The normalized spacial score (nSPS) is 10.3. The lowest BCUT2D eigenvalue weighted by molar-refractivity contribution is 0.0988. The summed E-state index contributed by atoms with van der Waals surface area (Å²) in [7, 11) is 0. The Morgan fingerprint density at radius 3 is 3.00 bits per heavy atom. The van der Waals surface area contributed by atoms with Crippen LogP contribution in [0.3, 0.4) is 0 Å². The molecule has 3 heteroatoms. The fourth-order valence-electron chi connectivity index (χ4n) is 1.64. The number of imidazole rings is 1. The lowest BCUT2D eigenvalue weighted by atomic mass is 10.1. The van der Waals surface area contributed by atoms with Crippen LogP contribution in [-0.4, -0.2) is 15.3 Å². The maximum absolute atomic E-state index is 11.5. The highest BCUT2D eigenvalue weighted by atomic mass is 16.1. The number of rotatable bonds is 4. The summed E-state index contributed by atoms with van der Waals surface area (Å²) in [5.41, 5.74) is 1.91. The third-order valence-corrected chi connectivity index (χ3v) is 2.49. The van der Waals surface area contributed by atoms with Crippen molar-refractivity contribution in [2.75, 3.05) is 0 Å². The molecule has 2 aromatic rings. The second kappa shape index (κ2) is 4.75. The average Bonchev–Trinajstić information content (AvgIpc) is 2.81. The molecule has 0 amide bonds. The molecule has 0 radical (unpaired) electrons. The van der Waals surface area contributed by atoms with E-state index in [4.69, 9.17) is 0 Å². The molecule has 0 aliphatic heterocycles. The monoisotopic (exact) mass is 214 g/mol. The minimum Gasteiger partial charge on any atom is -0.333 e. The molecule has 0 saturated carbocycles. The van der Waals surface area contributed by atoms with Crippen LogP contribution < -0.4 is 0 Å². The highest BCUT2D eigenvalue weighted by Crippen LogP contribution is 2.09. The van der Waals surface area contributed by atoms with Crippen molar-refractivity contribution >= 4 is 5.78 Å². The molecule has 2 rings (SSSR count). The predicted octanol–water partition coefficient (Wildman–Crippen LogP) is 2.52. The van der Waals surface area contributed by atoms with Crippen LogP contribution in [-0.2, 0) is 6.54 Å². The quantitative estimate of drug-likeness (QED) is 0.733. The van der Waals surface area contributed by atoms with E-state index in [9.17, 15) is 4.79 Å². The molecule has 1 heterocycles. The lowest BCUT2D eigenvalue weighted by Gasteiger charge is -2.04. The number of carbonyl (C=O) groups is 1. The van der Waals surface area contributed by atoms with Gasteiger partial charge in [0.25, 0.3) is 0 Å². The summed E-state index contributed by atoms with van der Waals surface area (Å²) >= 11 is 0. The van der Waals surface area contributed by atoms with Crippen LogP contribution in [0.15, 0.2) is 43.0 Å². The van der Waals surface area contributed by atoms with E-state index in [-0.39, 0.29) is 5.78 Å². The van der Waals surface area contributed by atoms with Gasteiger partial charge in [0.2, 0.25) is 0 Å². The minimum absolute atomic E-state index is 0.187. The van der Waals surface area contributed by atoms with Gasteiger partial charge in [-0.25, -0.2) is 4.98 Å². The first-order chi connectivity index (χ1) is 7.79. The van der Waals surface area contributed by atoms with Crippen LogP contribution in [0.25, 0.3) is 0 Å². The van der Waals surface area contributed by atoms with Crippen molar-refractivity contribution in [2.45, 2.75) is 19.9 Å². The number of benzene rings is 1. The molecule has 0 spiro atoms. The fraction of sp³-hybridized carbons (Fsp3) is 0.231. The Kier molecular flexibility index (Phi) is 3.15. The SMILES string of the molecule is CCC(=O)c1cccc(Cn2ccnc2)c1. The molecule has 16 heavy (non-hydrogen) atoms. The molecule has 0 unspecified atom stereocenters. The zero-order valence-corrected chi connectivity index (χ0v) is 9.26. The second-order valence-electron chi connectivity index (χ2n) is 3.71. The van der Waals surface area contributed by atoms with Gasteiger partial charge in [-0.3, -0.25) is 4.79 Å². The lowest BCUT2D eigenvalue weighted by Crippen LogP contribution is -2.00. The molecule has 0 bridgehead atoms. The van der Waals surface area contributed by atoms with E-state index in [1.165, 1.54) is 0 Å². The van der Waals surface area contributed by atoms with Gasteiger partial charge in [0.05, 0.1) is 6.33 Å². The van der Waals surface area contributed by atoms with Gasteiger partial charge >= 0.3 is 0 Å². The van der Waals surface area contributed by atoms with Crippen molar-refractivity contribution in [1.29, 1.82) is 0 Å². The fourth-order valence-corrected chi connectivity index (χ4v) is 1.64. The average molecular weight is 214 g/mol. The first kappa shape index (κ1) is 10.6. The van der Waals surface area contributed by atoms with E-state index >= 15 is 0 Å². The van der Waals surface area contributed by atoms with Crippen LogP contribution in [0.4, 0.5) is 0 Å². The first-order valence-electron chi connectivity index (χ1n) is 5.37. The molecule has 82 valence electrons. The Morgan fingerprint density at radius 2 is 2.31 bits per heavy atom.